The summed E-state index contributed by atoms with van der Waals surface area (Å²) < 4.78 is 42.9. The molecule has 0 aromatic heterocycles. The van der Waals surface area contributed by atoms with Gasteiger partial charge in [0.25, 0.3) is 10.0 Å². The first-order valence-corrected chi connectivity index (χ1v) is 16.2. The van der Waals surface area contributed by atoms with Gasteiger partial charge in [0.2, 0.25) is 11.8 Å². The topological polar surface area (TPSA) is 86.8 Å². The van der Waals surface area contributed by atoms with Gasteiger partial charge < -0.3 is 10.2 Å². The Hall–Kier alpha value is -3.92. The van der Waals surface area contributed by atoms with E-state index in [9.17, 15) is 22.4 Å². The van der Waals surface area contributed by atoms with Crippen molar-refractivity contribution in [3.63, 3.8) is 0 Å². The van der Waals surface area contributed by atoms with Gasteiger partial charge in [0.05, 0.1) is 15.6 Å². The smallest absolute Gasteiger partial charge is 0.264 e. The van der Waals surface area contributed by atoms with Crippen LogP contribution in [0.25, 0.3) is 0 Å². The molecule has 0 heterocycles. The summed E-state index contributed by atoms with van der Waals surface area (Å²) in [5.41, 5.74) is 1.37. The second-order valence-corrected chi connectivity index (χ2v) is 12.7. The molecule has 0 spiro atoms. The van der Waals surface area contributed by atoms with Crippen LogP contribution in [0.4, 0.5) is 10.1 Å². The van der Waals surface area contributed by atoms with Crippen LogP contribution >= 0.6 is 23.2 Å². The van der Waals surface area contributed by atoms with Gasteiger partial charge in [-0.05, 0) is 53.9 Å². The van der Waals surface area contributed by atoms with E-state index in [1.54, 1.807) is 42.5 Å². The number of sulfonamides is 1. The van der Waals surface area contributed by atoms with Crippen LogP contribution in [-0.2, 0) is 32.6 Å². The lowest BCUT2D eigenvalue weighted by Crippen LogP contribution is -2.53. The van der Waals surface area contributed by atoms with Crippen LogP contribution in [0.3, 0.4) is 0 Å². The van der Waals surface area contributed by atoms with Gasteiger partial charge in [-0.15, -0.1) is 0 Å². The Bertz CT molecular complexity index is 1690. The number of benzene rings is 4. The van der Waals surface area contributed by atoms with E-state index in [-0.39, 0.29) is 28.6 Å². The molecule has 0 saturated carbocycles. The molecule has 2 amide bonds. The van der Waals surface area contributed by atoms with Crippen LogP contribution in [-0.4, -0.2) is 44.3 Å². The minimum absolute atomic E-state index is 0.0126. The number of nitrogens with one attached hydrogen (secondary N) is 1. The van der Waals surface area contributed by atoms with Gasteiger partial charge in [-0.3, -0.25) is 13.9 Å². The van der Waals surface area contributed by atoms with Gasteiger partial charge in [-0.25, -0.2) is 12.8 Å². The molecule has 4 aromatic carbocycles. The summed E-state index contributed by atoms with van der Waals surface area (Å²) >= 11 is 12.5. The zero-order valence-electron chi connectivity index (χ0n) is 24.0. The molecular formula is C33H32Cl2FN3O4S. The number of rotatable bonds is 13. The summed E-state index contributed by atoms with van der Waals surface area (Å²) in [6.07, 6.45) is 0.844. The fraction of sp³-hybridized carbons (Fsp3) is 0.212. The first-order valence-electron chi connectivity index (χ1n) is 14.0. The average Bonchev–Trinajstić information content (AvgIpc) is 3.03. The molecule has 11 heteroatoms. The highest BCUT2D eigenvalue weighted by molar-refractivity contribution is 7.92. The van der Waals surface area contributed by atoms with Gasteiger partial charge >= 0.3 is 0 Å². The van der Waals surface area contributed by atoms with Crippen molar-refractivity contribution in [1.82, 2.24) is 10.2 Å². The third kappa shape index (κ3) is 8.16. The molecule has 0 fully saturated rings. The zero-order valence-corrected chi connectivity index (χ0v) is 26.3. The third-order valence-electron chi connectivity index (χ3n) is 6.92. The standard InChI is InChI=1S/C33H32Cl2FN3O4S/c1-2-19-37-33(41)31(20-24-11-5-3-6-12-24)38(22-25-13-9-10-16-28(25)34)32(40)23-39(26-17-18-30(36)29(35)21-26)44(42,43)27-14-7-4-8-15-27/h3-18,21,31H,2,19-20,22-23H2,1H3,(H,37,41)/t31-/m1/s1. The molecule has 1 atom stereocenters. The second kappa shape index (κ2) is 15.2. The zero-order chi connectivity index (χ0) is 31.7. The minimum Gasteiger partial charge on any atom is -0.354 e. The quantitative estimate of drug-likeness (QED) is 0.178. The molecule has 7 nitrogen and oxygen atoms in total. The minimum atomic E-state index is -4.33. The number of anilines is 1. The predicted octanol–water partition coefficient (Wildman–Crippen LogP) is 6.49. The molecule has 4 aromatic rings. The summed E-state index contributed by atoms with van der Waals surface area (Å²) in [5, 5.41) is 2.96. The van der Waals surface area contributed by atoms with Crippen LogP contribution < -0.4 is 9.62 Å². The average molecular weight is 657 g/mol. The van der Waals surface area contributed by atoms with Gasteiger partial charge in [-0.2, -0.15) is 0 Å². The van der Waals surface area contributed by atoms with E-state index in [4.69, 9.17) is 23.2 Å². The van der Waals surface area contributed by atoms with Crippen molar-refractivity contribution in [1.29, 1.82) is 0 Å². The van der Waals surface area contributed by atoms with Crippen molar-refractivity contribution in [2.45, 2.75) is 37.2 Å². The molecule has 1 N–H and O–H groups in total. The summed E-state index contributed by atoms with van der Waals surface area (Å²) in [6, 6.07) is 26.2. The molecule has 44 heavy (non-hydrogen) atoms. The van der Waals surface area contributed by atoms with Crippen molar-refractivity contribution < 1.29 is 22.4 Å². The van der Waals surface area contributed by atoms with E-state index in [1.807, 2.05) is 37.3 Å². The molecule has 0 bridgehead atoms. The number of carbonyl (C=O) groups is 2. The van der Waals surface area contributed by atoms with Gasteiger partial charge in [0, 0.05) is 24.5 Å². The van der Waals surface area contributed by atoms with E-state index < -0.39 is 40.2 Å². The van der Waals surface area contributed by atoms with E-state index in [2.05, 4.69) is 5.32 Å². The van der Waals surface area contributed by atoms with Crippen LogP contribution in [0, 0.1) is 5.82 Å². The molecule has 0 unspecified atom stereocenters. The highest BCUT2D eigenvalue weighted by Gasteiger charge is 2.35. The van der Waals surface area contributed by atoms with Crippen molar-refractivity contribution in [2.24, 2.45) is 0 Å². The van der Waals surface area contributed by atoms with E-state index in [1.165, 1.54) is 23.1 Å². The largest absolute Gasteiger partial charge is 0.354 e. The molecule has 0 saturated heterocycles. The number of amides is 2. The lowest BCUT2D eigenvalue weighted by molar-refractivity contribution is -0.140. The molecule has 0 aliphatic heterocycles. The van der Waals surface area contributed by atoms with E-state index in [0.717, 1.165) is 22.0 Å². The SMILES string of the molecule is CCCNC(=O)[C@@H](Cc1ccccc1)N(Cc1ccccc1Cl)C(=O)CN(c1ccc(F)c(Cl)c1)S(=O)(=O)c1ccccc1. The number of nitrogens with zero attached hydrogens (tertiary/aromatic N) is 2. The van der Waals surface area contributed by atoms with Crippen LogP contribution in [0.1, 0.15) is 24.5 Å². The molecular weight excluding hydrogens is 624 g/mol. The summed E-state index contributed by atoms with van der Waals surface area (Å²) in [5.74, 6) is -1.80. The van der Waals surface area contributed by atoms with Crippen molar-refractivity contribution in [2.75, 3.05) is 17.4 Å². The molecule has 4 rings (SSSR count). The molecule has 0 aliphatic rings. The van der Waals surface area contributed by atoms with E-state index in [0.29, 0.717) is 23.6 Å². The maximum absolute atomic E-state index is 14.4. The van der Waals surface area contributed by atoms with Crippen LogP contribution in [0.5, 0.6) is 0 Å². The monoisotopic (exact) mass is 655 g/mol. The molecule has 0 aliphatic carbocycles. The third-order valence-corrected chi connectivity index (χ3v) is 9.37. The Balaban J connectivity index is 1.81. The lowest BCUT2D eigenvalue weighted by atomic mass is 10.0. The Morgan fingerprint density at radius 2 is 1.50 bits per heavy atom. The lowest BCUT2D eigenvalue weighted by Gasteiger charge is -2.34. The summed E-state index contributed by atoms with van der Waals surface area (Å²) in [4.78, 5) is 29.3. The Kier molecular flexibility index (Phi) is 11.4. The maximum Gasteiger partial charge on any atom is 0.264 e. The molecule has 0 radical (unpaired) electrons. The van der Waals surface area contributed by atoms with Crippen molar-refractivity contribution in [3.8, 4) is 0 Å². The van der Waals surface area contributed by atoms with Gasteiger partial charge in [0.1, 0.15) is 18.4 Å². The fourth-order valence-electron chi connectivity index (χ4n) is 4.62. The Morgan fingerprint density at radius 3 is 2.14 bits per heavy atom. The second-order valence-electron chi connectivity index (χ2n) is 10.0. The van der Waals surface area contributed by atoms with Crippen LogP contribution in [0.2, 0.25) is 10.0 Å². The van der Waals surface area contributed by atoms with Crippen molar-refractivity contribution in [3.05, 3.63) is 130 Å². The first-order chi connectivity index (χ1) is 21.1. The summed E-state index contributed by atoms with van der Waals surface area (Å²) in [6.45, 7) is 1.54. The number of halogens is 3. The molecule has 230 valence electrons. The first kappa shape index (κ1) is 33.0. The number of hydrogen-bond donors (Lipinski definition) is 1. The van der Waals surface area contributed by atoms with Crippen molar-refractivity contribution >= 4 is 50.7 Å². The number of hydrogen-bond acceptors (Lipinski definition) is 4. The highest BCUT2D eigenvalue weighted by Crippen LogP contribution is 2.29. The highest BCUT2D eigenvalue weighted by atomic mass is 35.5. The van der Waals surface area contributed by atoms with Gasteiger partial charge in [-0.1, -0.05) is 96.9 Å². The fourth-order valence-corrected chi connectivity index (χ4v) is 6.42. The van der Waals surface area contributed by atoms with E-state index >= 15 is 0 Å². The van der Waals surface area contributed by atoms with Gasteiger partial charge in [0.15, 0.2) is 0 Å². The predicted molar refractivity (Wildman–Crippen MR) is 172 cm³/mol. The number of carbonyl (C=O) groups excluding carboxylic acids is 2. The van der Waals surface area contributed by atoms with Crippen LogP contribution in [0.15, 0.2) is 108 Å². The maximum atomic E-state index is 14.4. The summed E-state index contributed by atoms with van der Waals surface area (Å²) in [7, 11) is -4.33. The Labute approximate surface area is 267 Å². The Morgan fingerprint density at radius 1 is 0.864 bits per heavy atom. The normalized spacial score (nSPS) is 11.9.